The average Bonchev–Trinajstić information content (AvgIpc) is 2.92. The predicted molar refractivity (Wildman–Crippen MR) is 84.0 cm³/mol. The lowest BCUT2D eigenvalue weighted by Crippen LogP contribution is -2.24. The standard InChI is InChI=1S/C17H28N2O/c1-18-11-15-8-9-17(20-3)16(10-15)13-19(2)12-14-6-4-5-7-14/h8-10,14,18H,4-7,11-13H2,1-3H3. The van der Waals surface area contributed by atoms with Crippen molar-refractivity contribution in [2.45, 2.75) is 38.8 Å². The summed E-state index contributed by atoms with van der Waals surface area (Å²) in [5.41, 5.74) is 2.61. The molecular formula is C17H28N2O. The van der Waals surface area contributed by atoms with Crippen molar-refractivity contribution >= 4 is 0 Å². The van der Waals surface area contributed by atoms with Crippen LogP contribution in [0.25, 0.3) is 0 Å². The van der Waals surface area contributed by atoms with Crippen LogP contribution in [0.4, 0.5) is 0 Å². The molecule has 20 heavy (non-hydrogen) atoms. The van der Waals surface area contributed by atoms with E-state index in [1.807, 2.05) is 7.05 Å². The smallest absolute Gasteiger partial charge is 0.123 e. The van der Waals surface area contributed by atoms with Gasteiger partial charge in [-0.3, -0.25) is 0 Å². The van der Waals surface area contributed by atoms with E-state index >= 15 is 0 Å². The van der Waals surface area contributed by atoms with E-state index in [4.69, 9.17) is 4.74 Å². The lowest BCUT2D eigenvalue weighted by molar-refractivity contribution is 0.267. The average molecular weight is 276 g/mol. The minimum Gasteiger partial charge on any atom is -0.496 e. The quantitative estimate of drug-likeness (QED) is 0.828. The van der Waals surface area contributed by atoms with E-state index in [0.29, 0.717) is 0 Å². The van der Waals surface area contributed by atoms with Crippen molar-refractivity contribution < 1.29 is 4.74 Å². The largest absolute Gasteiger partial charge is 0.496 e. The van der Waals surface area contributed by atoms with E-state index in [1.54, 1.807) is 7.11 Å². The SMILES string of the molecule is CNCc1ccc(OC)c(CN(C)CC2CCCC2)c1. The molecule has 0 amide bonds. The molecule has 0 aromatic heterocycles. The third kappa shape index (κ3) is 4.22. The van der Waals surface area contributed by atoms with Crippen LogP contribution in [0.1, 0.15) is 36.8 Å². The maximum Gasteiger partial charge on any atom is 0.123 e. The molecule has 1 saturated carbocycles. The normalized spacial score (nSPS) is 16.0. The summed E-state index contributed by atoms with van der Waals surface area (Å²) in [7, 11) is 5.96. The Bertz CT molecular complexity index is 413. The highest BCUT2D eigenvalue weighted by Crippen LogP contribution is 2.27. The second-order valence-corrected chi connectivity index (χ2v) is 6.02. The van der Waals surface area contributed by atoms with Crippen molar-refractivity contribution in [1.82, 2.24) is 10.2 Å². The molecule has 0 heterocycles. The zero-order valence-corrected chi connectivity index (χ0v) is 13.1. The maximum atomic E-state index is 5.50. The van der Waals surface area contributed by atoms with Crippen molar-refractivity contribution in [1.29, 1.82) is 0 Å². The Morgan fingerprint density at radius 3 is 2.70 bits per heavy atom. The first-order valence-corrected chi connectivity index (χ1v) is 7.72. The molecule has 2 rings (SSSR count). The topological polar surface area (TPSA) is 24.5 Å². The highest BCUT2D eigenvalue weighted by atomic mass is 16.5. The summed E-state index contributed by atoms with van der Waals surface area (Å²) in [6.45, 7) is 3.08. The summed E-state index contributed by atoms with van der Waals surface area (Å²) in [6, 6.07) is 6.49. The predicted octanol–water partition coefficient (Wildman–Crippen LogP) is 3.04. The molecule has 0 atom stereocenters. The second kappa shape index (κ2) is 7.65. The monoisotopic (exact) mass is 276 g/mol. The summed E-state index contributed by atoms with van der Waals surface area (Å²) in [6.07, 6.45) is 5.64. The van der Waals surface area contributed by atoms with Gasteiger partial charge in [0, 0.05) is 25.2 Å². The van der Waals surface area contributed by atoms with Crippen LogP contribution < -0.4 is 10.1 Å². The Labute approximate surface area is 123 Å². The van der Waals surface area contributed by atoms with Crippen LogP contribution in [-0.2, 0) is 13.1 Å². The van der Waals surface area contributed by atoms with E-state index in [9.17, 15) is 0 Å². The van der Waals surface area contributed by atoms with Gasteiger partial charge in [0.25, 0.3) is 0 Å². The summed E-state index contributed by atoms with van der Waals surface area (Å²) >= 11 is 0. The minimum absolute atomic E-state index is 0.895. The van der Waals surface area contributed by atoms with Crippen molar-refractivity contribution in [2.75, 3.05) is 27.7 Å². The number of nitrogens with one attached hydrogen (secondary N) is 1. The van der Waals surface area contributed by atoms with E-state index in [2.05, 4.69) is 35.5 Å². The fourth-order valence-corrected chi connectivity index (χ4v) is 3.26. The number of rotatable bonds is 7. The molecule has 0 radical (unpaired) electrons. The van der Waals surface area contributed by atoms with Crippen LogP contribution in [-0.4, -0.2) is 32.6 Å². The zero-order valence-electron chi connectivity index (χ0n) is 13.1. The molecule has 1 aromatic carbocycles. The first-order chi connectivity index (χ1) is 9.72. The van der Waals surface area contributed by atoms with Gasteiger partial charge in [-0.05, 0) is 50.6 Å². The van der Waals surface area contributed by atoms with E-state index in [1.165, 1.54) is 43.4 Å². The third-order valence-electron chi connectivity index (χ3n) is 4.21. The summed E-state index contributed by atoms with van der Waals surface area (Å²) in [4.78, 5) is 2.44. The fraction of sp³-hybridized carbons (Fsp3) is 0.647. The number of ether oxygens (including phenoxy) is 1. The Hall–Kier alpha value is -1.06. The zero-order chi connectivity index (χ0) is 14.4. The number of nitrogens with zero attached hydrogens (tertiary/aromatic N) is 1. The first-order valence-electron chi connectivity index (χ1n) is 7.72. The molecule has 1 aliphatic carbocycles. The fourth-order valence-electron chi connectivity index (χ4n) is 3.26. The number of hydrogen-bond donors (Lipinski definition) is 1. The first kappa shape index (κ1) is 15.3. The molecule has 3 nitrogen and oxygen atoms in total. The van der Waals surface area contributed by atoms with Crippen LogP contribution >= 0.6 is 0 Å². The van der Waals surface area contributed by atoms with E-state index < -0.39 is 0 Å². The Balaban J connectivity index is 1.99. The highest BCUT2D eigenvalue weighted by Gasteiger charge is 2.17. The lowest BCUT2D eigenvalue weighted by Gasteiger charge is -2.22. The Kier molecular flexibility index (Phi) is 5.86. The molecule has 0 aliphatic heterocycles. The number of benzene rings is 1. The van der Waals surface area contributed by atoms with Gasteiger partial charge in [-0.15, -0.1) is 0 Å². The molecular weight excluding hydrogens is 248 g/mol. The van der Waals surface area contributed by atoms with Crippen molar-refractivity contribution in [3.63, 3.8) is 0 Å². The Morgan fingerprint density at radius 1 is 1.30 bits per heavy atom. The van der Waals surface area contributed by atoms with Gasteiger partial charge in [0.2, 0.25) is 0 Å². The molecule has 112 valence electrons. The van der Waals surface area contributed by atoms with Gasteiger partial charge in [-0.1, -0.05) is 18.9 Å². The minimum atomic E-state index is 0.895. The van der Waals surface area contributed by atoms with Crippen LogP contribution in [0.5, 0.6) is 5.75 Å². The van der Waals surface area contributed by atoms with Gasteiger partial charge in [-0.25, -0.2) is 0 Å². The Morgan fingerprint density at radius 2 is 2.05 bits per heavy atom. The van der Waals surface area contributed by atoms with Crippen molar-refractivity contribution in [3.8, 4) is 5.75 Å². The van der Waals surface area contributed by atoms with Gasteiger partial charge in [0.15, 0.2) is 0 Å². The van der Waals surface area contributed by atoms with E-state index in [0.717, 1.165) is 24.8 Å². The van der Waals surface area contributed by atoms with Gasteiger partial charge in [0.1, 0.15) is 5.75 Å². The molecule has 0 unspecified atom stereocenters. The molecule has 0 spiro atoms. The van der Waals surface area contributed by atoms with Gasteiger partial charge in [-0.2, -0.15) is 0 Å². The molecule has 0 bridgehead atoms. The molecule has 1 fully saturated rings. The molecule has 1 N–H and O–H groups in total. The number of methoxy groups -OCH3 is 1. The maximum absolute atomic E-state index is 5.50. The molecule has 0 saturated heterocycles. The third-order valence-corrected chi connectivity index (χ3v) is 4.21. The van der Waals surface area contributed by atoms with Crippen LogP contribution in [0.15, 0.2) is 18.2 Å². The van der Waals surface area contributed by atoms with Crippen molar-refractivity contribution in [2.24, 2.45) is 5.92 Å². The summed E-state index contributed by atoms with van der Waals surface area (Å²) in [5, 5.41) is 3.21. The van der Waals surface area contributed by atoms with Crippen LogP contribution in [0.2, 0.25) is 0 Å². The van der Waals surface area contributed by atoms with Crippen LogP contribution in [0.3, 0.4) is 0 Å². The van der Waals surface area contributed by atoms with Gasteiger partial charge in [0.05, 0.1) is 7.11 Å². The van der Waals surface area contributed by atoms with Crippen molar-refractivity contribution in [3.05, 3.63) is 29.3 Å². The highest BCUT2D eigenvalue weighted by molar-refractivity contribution is 5.37. The molecule has 1 aromatic rings. The molecule has 1 aliphatic rings. The second-order valence-electron chi connectivity index (χ2n) is 6.02. The van der Waals surface area contributed by atoms with Gasteiger partial charge < -0.3 is 15.0 Å². The van der Waals surface area contributed by atoms with Crippen LogP contribution in [0, 0.1) is 5.92 Å². The summed E-state index contributed by atoms with van der Waals surface area (Å²) < 4.78 is 5.50. The summed E-state index contributed by atoms with van der Waals surface area (Å²) in [5.74, 6) is 1.90. The number of hydrogen-bond acceptors (Lipinski definition) is 3. The van der Waals surface area contributed by atoms with Gasteiger partial charge >= 0.3 is 0 Å². The lowest BCUT2D eigenvalue weighted by atomic mass is 10.1. The molecule has 3 heteroatoms. The van der Waals surface area contributed by atoms with E-state index in [-0.39, 0.29) is 0 Å².